The number of carbonyl (C=O) groups excluding carboxylic acids is 1. The van der Waals surface area contributed by atoms with E-state index in [4.69, 9.17) is 9.47 Å². The smallest absolute Gasteiger partial charge is 0.260 e. The van der Waals surface area contributed by atoms with Gasteiger partial charge in [-0.05, 0) is 68.9 Å². The number of carbonyl (C=O) groups is 1. The molecule has 1 amide bonds. The lowest BCUT2D eigenvalue weighted by atomic mass is 10.0. The molecule has 28 heavy (non-hydrogen) atoms. The van der Waals surface area contributed by atoms with Crippen molar-refractivity contribution in [1.82, 2.24) is 5.32 Å². The summed E-state index contributed by atoms with van der Waals surface area (Å²) in [7, 11) is 0. The summed E-state index contributed by atoms with van der Waals surface area (Å²) in [6.07, 6.45) is 1.40. The Morgan fingerprint density at radius 2 is 1.71 bits per heavy atom. The number of ether oxygens (including phenoxy) is 2. The highest BCUT2D eigenvalue weighted by atomic mass is 16.5. The fourth-order valence-electron chi connectivity index (χ4n) is 3.00. The first kappa shape index (κ1) is 21.8. The van der Waals surface area contributed by atoms with E-state index in [1.807, 2.05) is 50.2 Å². The first-order chi connectivity index (χ1) is 13.4. The Kier molecular flexibility index (Phi) is 8.37. The van der Waals surface area contributed by atoms with Crippen LogP contribution >= 0.6 is 0 Å². The van der Waals surface area contributed by atoms with Gasteiger partial charge in [0, 0.05) is 6.54 Å². The average molecular weight is 384 g/mol. The molecule has 0 radical (unpaired) electrons. The van der Waals surface area contributed by atoms with Gasteiger partial charge in [0.1, 0.15) is 11.5 Å². The van der Waals surface area contributed by atoms with Crippen LogP contribution in [0, 0.1) is 0 Å². The zero-order valence-corrected chi connectivity index (χ0v) is 17.7. The van der Waals surface area contributed by atoms with Gasteiger partial charge in [0.25, 0.3) is 5.91 Å². The van der Waals surface area contributed by atoms with E-state index in [0.717, 1.165) is 29.9 Å². The molecule has 0 aliphatic carbocycles. The van der Waals surface area contributed by atoms with E-state index in [-0.39, 0.29) is 12.0 Å². The van der Waals surface area contributed by atoms with Crippen molar-refractivity contribution in [1.29, 1.82) is 0 Å². The van der Waals surface area contributed by atoms with E-state index in [9.17, 15) is 4.79 Å². The summed E-state index contributed by atoms with van der Waals surface area (Å²) in [5, 5.41) is 2.97. The molecule has 0 fully saturated rings. The third-order valence-electron chi connectivity index (χ3n) is 4.43. The van der Waals surface area contributed by atoms with Crippen LogP contribution in [0.25, 0.3) is 0 Å². The third-order valence-corrected chi connectivity index (χ3v) is 4.43. The van der Waals surface area contributed by atoms with Gasteiger partial charge in [-0.15, -0.1) is 0 Å². The van der Waals surface area contributed by atoms with Crippen molar-refractivity contribution in [2.24, 2.45) is 0 Å². The Morgan fingerprint density at radius 1 is 0.964 bits per heavy atom. The predicted molar refractivity (Wildman–Crippen MR) is 114 cm³/mol. The number of amides is 1. The molecule has 0 aromatic heterocycles. The summed E-state index contributed by atoms with van der Waals surface area (Å²) in [5.74, 6) is 1.93. The zero-order valence-electron chi connectivity index (χ0n) is 17.7. The monoisotopic (exact) mass is 383 g/mol. The minimum absolute atomic E-state index is 0.0875. The van der Waals surface area contributed by atoms with Crippen molar-refractivity contribution >= 4 is 5.91 Å². The highest BCUT2D eigenvalue weighted by molar-refractivity contribution is 5.80. The van der Waals surface area contributed by atoms with Crippen LogP contribution in [0.2, 0.25) is 0 Å². The van der Waals surface area contributed by atoms with Gasteiger partial charge in [0.2, 0.25) is 0 Å². The van der Waals surface area contributed by atoms with Gasteiger partial charge in [-0.3, -0.25) is 4.79 Å². The van der Waals surface area contributed by atoms with Crippen molar-refractivity contribution in [2.75, 3.05) is 6.54 Å². The molecular weight excluding hydrogens is 350 g/mol. The van der Waals surface area contributed by atoms with Crippen LogP contribution in [0.5, 0.6) is 11.5 Å². The lowest BCUT2D eigenvalue weighted by Crippen LogP contribution is -2.37. The Morgan fingerprint density at radius 3 is 2.43 bits per heavy atom. The zero-order chi connectivity index (χ0) is 20.5. The Labute approximate surface area is 169 Å². The van der Waals surface area contributed by atoms with E-state index >= 15 is 0 Å². The highest BCUT2D eigenvalue weighted by Gasteiger charge is 2.16. The molecule has 0 saturated heterocycles. The number of nitrogens with one attached hydrogen (secondary N) is 1. The Bertz CT molecular complexity index is 755. The van der Waals surface area contributed by atoms with Crippen LogP contribution in [0.15, 0.2) is 48.5 Å². The summed E-state index contributed by atoms with van der Waals surface area (Å²) in [6.45, 7) is 10.7. The second-order valence-corrected chi connectivity index (χ2v) is 7.66. The van der Waals surface area contributed by atoms with Crippen molar-refractivity contribution in [3.63, 3.8) is 0 Å². The molecular formula is C24H33NO3. The lowest BCUT2D eigenvalue weighted by molar-refractivity contribution is -0.127. The van der Waals surface area contributed by atoms with E-state index in [1.54, 1.807) is 6.92 Å². The summed E-state index contributed by atoms with van der Waals surface area (Å²) >= 11 is 0. The molecule has 2 aromatic carbocycles. The van der Waals surface area contributed by atoms with Gasteiger partial charge in [-0.1, -0.05) is 44.2 Å². The maximum atomic E-state index is 12.4. The first-order valence-electron chi connectivity index (χ1n) is 10.2. The van der Waals surface area contributed by atoms with E-state index in [0.29, 0.717) is 12.5 Å². The van der Waals surface area contributed by atoms with Crippen LogP contribution in [0.4, 0.5) is 0 Å². The molecule has 0 aliphatic rings. The molecule has 0 heterocycles. The minimum Gasteiger partial charge on any atom is -0.491 e. The van der Waals surface area contributed by atoms with Crippen LogP contribution in [-0.2, 0) is 11.2 Å². The maximum absolute atomic E-state index is 12.4. The summed E-state index contributed by atoms with van der Waals surface area (Å²) in [4.78, 5) is 12.4. The summed E-state index contributed by atoms with van der Waals surface area (Å²) < 4.78 is 11.6. The third kappa shape index (κ3) is 6.91. The van der Waals surface area contributed by atoms with Gasteiger partial charge in [-0.2, -0.15) is 0 Å². The molecule has 0 saturated carbocycles. The van der Waals surface area contributed by atoms with Gasteiger partial charge < -0.3 is 14.8 Å². The fourth-order valence-corrected chi connectivity index (χ4v) is 3.00. The SMILES string of the molecule is CC(C)Oc1cccc(CCCNC(=O)C(C)Oc2ccccc2C(C)C)c1. The van der Waals surface area contributed by atoms with E-state index < -0.39 is 6.10 Å². The van der Waals surface area contributed by atoms with Gasteiger partial charge in [-0.25, -0.2) is 0 Å². The summed E-state index contributed by atoms with van der Waals surface area (Å²) in [5.41, 5.74) is 2.33. The molecule has 152 valence electrons. The first-order valence-corrected chi connectivity index (χ1v) is 10.2. The molecule has 4 heteroatoms. The molecule has 4 nitrogen and oxygen atoms in total. The molecule has 2 rings (SSSR count). The van der Waals surface area contributed by atoms with Gasteiger partial charge in [0.15, 0.2) is 6.10 Å². The second kappa shape index (κ2) is 10.7. The van der Waals surface area contributed by atoms with Crippen LogP contribution in [-0.4, -0.2) is 24.7 Å². The number of hydrogen-bond donors (Lipinski definition) is 1. The van der Waals surface area contributed by atoms with Crippen molar-refractivity contribution < 1.29 is 14.3 Å². The van der Waals surface area contributed by atoms with Crippen LogP contribution in [0.3, 0.4) is 0 Å². The summed E-state index contributed by atoms with van der Waals surface area (Å²) in [6, 6.07) is 16.0. The fraction of sp³-hybridized carbons (Fsp3) is 0.458. The second-order valence-electron chi connectivity index (χ2n) is 7.66. The van der Waals surface area contributed by atoms with Crippen molar-refractivity contribution in [2.45, 2.75) is 65.6 Å². The van der Waals surface area contributed by atoms with E-state index in [2.05, 4.69) is 31.3 Å². The lowest BCUT2D eigenvalue weighted by Gasteiger charge is -2.18. The number of aryl methyl sites for hydroxylation is 1. The maximum Gasteiger partial charge on any atom is 0.260 e. The van der Waals surface area contributed by atoms with Crippen molar-refractivity contribution in [3.8, 4) is 11.5 Å². The van der Waals surface area contributed by atoms with Gasteiger partial charge in [0.05, 0.1) is 6.10 Å². The standard InChI is InChI=1S/C24H33NO3/c1-17(2)22-13-6-7-14-23(22)28-19(5)24(26)25-15-9-11-20-10-8-12-21(16-20)27-18(3)4/h6-8,10,12-14,16-19H,9,11,15H2,1-5H3,(H,25,26). The number of benzene rings is 2. The number of hydrogen-bond acceptors (Lipinski definition) is 3. The molecule has 2 aromatic rings. The van der Waals surface area contributed by atoms with E-state index in [1.165, 1.54) is 5.56 Å². The Hall–Kier alpha value is -2.49. The Balaban J connectivity index is 1.78. The van der Waals surface area contributed by atoms with Gasteiger partial charge >= 0.3 is 0 Å². The number of rotatable bonds is 10. The molecule has 0 spiro atoms. The van der Waals surface area contributed by atoms with Crippen LogP contribution < -0.4 is 14.8 Å². The predicted octanol–water partition coefficient (Wildman–Crippen LogP) is 5.11. The topological polar surface area (TPSA) is 47.6 Å². The molecule has 0 aliphatic heterocycles. The molecule has 1 atom stereocenters. The molecule has 0 bridgehead atoms. The quantitative estimate of drug-likeness (QED) is 0.580. The van der Waals surface area contributed by atoms with Crippen molar-refractivity contribution in [3.05, 3.63) is 59.7 Å². The highest BCUT2D eigenvalue weighted by Crippen LogP contribution is 2.26. The van der Waals surface area contributed by atoms with Crippen LogP contribution in [0.1, 0.15) is 58.1 Å². The average Bonchev–Trinajstić information content (AvgIpc) is 2.65. The molecule has 1 unspecified atom stereocenters. The molecule has 1 N–H and O–H groups in total. The number of para-hydroxylation sites is 1. The normalized spacial score (nSPS) is 12.1. The minimum atomic E-state index is -0.525. The largest absolute Gasteiger partial charge is 0.491 e.